The van der Waals surface area contributed by atoms with Gasteiger partial charge in [0, 0.05) is 0 Å². The van der Waals surface area contributed by atoms with Crippen molar-refractivity contribution < 1.29 is 13.2 Å². The molecule has 3 atom stereocenters. The molecule has 0 radical (unpaired) electrons. The minimum absolute atomic E-state index is 0.00269. The second kappa shape index (κ2) is 4.58. The average Bonchev–Trinajstić information content (AvgIpc) is 2.62. The number of carbonyl (C=O) groups is 1. The van der Waals surface area contributed by atoms with Gasteiger partial charge in [0.15, 0.2) is 9.84 Å². The predicted molar refractivity (Wildman–Crippen MR) is 80.0 cm³/mol. The first-order valence-corrected chi connectivity index (χ1v) is 8.96. The topological polar surface area (TPSA) is 63.2 Å². The van der Waals surface area contributed by atoms with Crippen molar-refractivity contribution in [2.75, 3.05) is 11.5 Å². The van der Waals surface area contributed by atoms with E-state index in [1.54, 1.807) is 0 Å². The van der Waals surface area contributed by atoms with Crippen LogP contribution < -0.4 is 5.32 Å². The zero-order valence-corrected chi connectivity index (χ0v) is 13.8. The van der Waals surface area contributed by atoms with Crippen molar-refractivity contribution in [2.24, 2.45) is 17.3 Å². The van der Waals surface area contributed by atoms with Crippen molar-refractivity contribution in [3.8, 4) is 0 Å². The van der Waals surface area contributed by atoms with Crippen LogP contribution >= 0.6 is 0 Å². The van der Waals surface area contributed by atoms with E-state index in [1.165, 1.54) is 5.57 Å². The first kappa shape index (κ1) is 15.5. The second-order valence-corrected chi connectivity index (χ2v) is 9.64. The maximum Gasteiger partial charge on any atom is 0.224 e. The van der Waals surface area contributed by atoms with E-state index in [0.29, 0.717) is 6.42 Å². The summed E-state index contributed by atoms with van der Waals surface area (Å²) in [4.78, 5) is 12.4. The molecule has 0 unspecified atom stereocenters. The fourth-order valence-electron chi connectivity index (χ4n) is 3.33. The van der Waals surface area contributed by atoms with Gasteiger partial charge in [0.2, 0.25) is 5.91 Å². The molecule has 1 saturated carbocycles. The molecule has 1 aliphatic heterocycles. The van der Waals surface area contributed by atoms with E-state index in [1.807, 2.05) is 20.8 Å². The lowest BCUT2D eigenvalue weighted by molar-refractivity contribution is -0.124. The van der Waals surface area contributed by atoms with E-state index in [-0.39, 0.29) is 34.7 Å². The molecule has 114 valence electrons. The predicted octanol–water partition coefficient (Wildman–Crippen LogP) is 1.92. The third-order valence-corrected chi connectivity index (χ3v) is 6.54. The molecule has 1 N–H and O–H groups in total. The summed E-state index contributed by atoms with van der Waals surface area (Å²) < 4.78 is 23.2. The minimum Gasteiger partial charge on any atom is -0.350 e. The fourth-order valence-corrected chi connectivity index (χ4v) is 5.43. The molecule has 0 aromatic rings. The van der Waals surface area contributed by atoms with Gasteiger partial charge < -0.3 is 5.32 Å². The molecule has 2 fully saturated rings. The van der Waals surface area contributed by atoms with E-state index in [2.05, 4.69) is 25.2 Å². The molecular formula is C15H25NO3S. The molecule has 0 aromatic heterocycles. The van der Waals surface area contributed by atoms with Crippen LogP contribution in [0.3, 0.4) is 0 Å². The Balaban J connectivity index is 2.06. The molecule has 2 rings (SSSR count). The zero-order valence-electron chi connectivity index (χ0n) is 13.0. The summed E-state index contributed by atoms with van der Waals surface area (Å²) in [6.45, 7) is 10.1. The monoisotopic (exact) mass is 299 g/mol. The van der Waals surface area contributed by atoms with Crippen LogP contribution in [0.25, 0.3) is 0 Å². The summed E-state index contributed by atoms with van der Waals surface area (Å²) in [5.74, 6) is 0.449. The molecule has 1 saturated heterocycles. The van der Waals surface area contributed by atoms with Crippen LogP contribution in [0.4, 0.5) is 0 Å². The largest absolute Gasteiger partial charge is 0.350 e. The van der Waals surface area contributed by atoms with Gasteiger partial charge in [-0.1, -0.05) is 25.5 Å². The van der Waals surface area contributed by atoms with Gasteiger partial charge in [0.05, 0.1) is 23.0 Å². The summed E-state index contributed by atoms with van der Waals surface area (Å²) in [6, 6.07) is 0. The molecule has 0 bridgehead atoms. The van der Waals surface area contributed by atoms with Gasteiger partial charge in [0.1, 0.15) is 0 Å². The molecule has 1 heterocycles. The van der Waals surface area contributed by atoms with Crippen molar-refractivity contribution >= 4 is 15.7 Å². The lowest BCUT2D eigenvalue weighted by Gasteiger charge is -2.24. The highest BCUT2D eigenvalue weighted by Gasteiger charge is 2.61. The SMILES string of the molecule is CC(C)=C[C@@H]1[C@H](C(=O)N[C@@]2(C)CCS(=O)(=O)C2)C1(C)C. The number of carbonyl (C=O) groups excluding carboxylic acids is 1. The van der Waals surface area contributed by atoms with Crippen LogP contribution in [0.5, 0.6) is 0 Å². The van der Waals surface area contributed by atoms with Crippen molar-refractivity contribution in [2.45, 2.75) is 46.6 Å². The average molecular weight is 299 g/mol. The van der Waals surface area contributed by atoms with Crippen LogP contribution in [0, 0.1) is 17.3 Å². The summed E-state index contributed by atoms with van der Waals surface area (Å²) >= 11 is 0. The number of sulfone groups is 1. The summed E-state index contributed by atoms with van der Waals surface area (Å²) in [6.07, 6.45) is 2.67. The maximum absolute atomic E-state index is 12.4. The molecule has 20 heavy (non-hydrogen) atoms. The van der Waals surface area contributed by atoms with Crippen molar-refractivity contribution in [1.29, 1.82) is 0 Å². The highest BCUT2D eigenvalue weighted by Crippen LogP contribution is 2.59. The quantitative estimate of drug-likeness (QED) is 0.810. The molecule has 5 heteroatoms. The lowest BCUT2D eigenvalue weighted by Crippen LogP contribution is -2.48. The maximum atomic E-state index is 12.4. The van der Waals surface area contributed by atoms with E-state index < -0.39 is 15.4 Å². The zero-order chi connectivity index (χ0) is 15.3. The fraction of sp³-hybridized carbons (Fsp3) is 0.800. The van der Waals surface area contributed by atoms with Crippen LogP contribution in [0.2, 0.25) is 0 Å². The van der Waals surface area contributed by atoms with Gasteiger partial charge in [-0.3, -0.25) is 4.79 Å². The normalized spacial score (nSPS) is 37.2. The van der Waals surface area contributed by atoms with Gasteiger partial charge in [-0.25, -0.2) is 8.42 Å². The molecule has 0 aromatic carbocycles. The number of amides is 1. The Labute approximate surface area is 121 Å². The molecule has 1 amide bonds. The Kier molecular flexibility index (Phi) is 3.56. The minimum atomic E-state index is -2.99. The number of nitrogens with one attached hydrogen (secondary N) is 1. The third-order valence-electron chi connectivity index (χ3n) is 4.63. The first-order chi connectivity index (χ1) is 8.97. The molecular weight excluding hydrogens is 274 g/mol. The van der Waals surface area contributed by atoms with E-state index in [0.717, 1.165) is 0 Å². The van der Waals surface area contributed by atoms with Gasteiger partial charge in [-0.05, 0) is 38.5 Å². The van der Waals surface area contributed by atoms with Crippen LogP contribution in [-0.2, 0) is 14.6 Å². The Morgan fingerprint density at radius 1 is 1.25 bits per heavy atom. The summed E-state index contributed by atoms with van der Waals surface area (Å²) in [5, 5.41) is 2.98. The van der Waals surface area contributed by atoms with Gasteiger partial charge in [-0.2, -0.15) is 0 Å². The summed E-state index contributed by atoms with van der Waals surface area (Å²) in [7, 11) is -2.99. The third kappa shape index (κ3) is 2.92. The van der Waals surface area contributed by atoms with E-state index >= 15 is 0 Å². The Morgan fingerprint density at radius 3 is 2.30 bits per heavy atom. The number of hydrogen-bond donors (Lipinski definition) is 1. The second-order valence-electron chi connectivity index (χ2n) is 7.46. The molecule has 1 aliphatic carbocycles. The van der Waals surface area contributed by atoms with Crippen LogP contribution in [0.15, 0.2) is 11.6 Å². The first-order valence-electron chi connectivity index (χ1n) is 7.14. The highest BCUT2D eigenvalue weighted by molar-refractivity contribution is 7.91. The number of hydrogen-bond acceptors (Lipinski definition) is 3. The lowest BCUT2D eigenvalue weighted by atomic mass is 10.0. The van der Waals surface area contributed by atoms with E-state index in [4.69, 9.17) is 0 Å². The number of rotatable bonds is 3. The van der Waals surface area contributed by atoms with Crippen molar-refractivity contribution in [3.63, 3.8) is 0 Å². The van der Waals surface area contributed by atoms with Crippen LogP contribution in [0.1, 0.15) is 41.0 Å². The molecule has 4 nitrogen and oxygen atoms in total. The number of allylic oxidation sites excluding steroid dienone is 2. The highest BCUT2D eigenvalue weighted by atomic mass is 32.2. The van der Waals surface area contributed by atoms with Crippen molar-refractivity contribution in [3.05, 3.63) is 11.6 Å². The van der Waals surface area contributed by atoms with Crippen LogP contribution in [-0.4, -0.2) is 31.4 Å². The summed E-state index contributed by atoms with van der Waals surface area (Å²) in [5.41, 5.74) is 0.590. The van der Waals surface area contributed by atoms with E-state index in [9.17, 15) is 13.2 Å². The van der Waals surface area contributed by atoms with Crippen molar-refractivity contribution in [1.82, 2.24) is 5.32 Å². The standard InChI is InChI=1S/C15H25NO3S/c1-10(2)8-11-12(14(11,3)4)13(17)16-15(5)6-7-20(18,19)9-15/h8,11-12H,6-7,9H2,1-5H3,(H,16,17)/t11-,12-,15+/m1/s1. The molecule has 2 aliphatic rings. The molecule has 0 spiro atoms. The Hall–Kier alpha value is -0.840. The van der Waals surface area contributed by atoms with Gasteiger partial charge >= 0.3 is 0 Å². The smallest absolute Gasteiger partial charge is 0.224 e. The van der Waals surface area contributed by atoms with Gasteiger partial charge in [-0.15, -0.1) is 0 Å². The Morgan fingerprint density at radius 2 is 1.85 bits per heavy atom. The van der Waals surface area contributed by atoms with Gasteiger partial charge in [0.25, 0.3) is 0 Å². The Bertz CT molecular complexity index is 558.